The molecule has 1 amide bonds. The van der Waals surface area contributed by atoms with Gasteiger partial charge in [-0.3, -0.25) is 9.69 Å². The molecule has 3 heterocycles. The molecule has 1 saturated heterocycles. The van der Waals surface area contributed by atoms with E-state index in [4.69, 9.17) is 33.3 Å². The highest BCUT2D eigenvalue weighted by molar-refractivity contribution is 8.27. The van der Waals surface area contributed by atoms with E-state index in [9.17, 15) is 4.79 Å². The minimum atomic E-state index is -0.152. The van der Waals surface area contributed by atoms with Crippen LogP contribution in [-0.4, -0.2) is 21.6 Å². The number of rotatable bonds is 4. The number of benzene rings is 3. The molecule has 0 N–H and O–H groups in total. The Kier molecular flexibility index (Phi) is 5.56. The second-order valence-electron chi connectivity index (χ2n) is 8.25. The first-order chi connectivity index (χ1) is 17.0. The number of hydrogen-bond donors (Lipinski definition) is 0. The third-order valence-corrected chi connectivity index (χ3v) is 7.92. The molecule has 6 rings (SSSR count). The minimum Gasteiger partial charge on any atom is -0.454 e. The number of carbonyl (C=O) groups excluding carboxylic acids is 1. The molecule has 1 fully saturated rings. The Morgan fingerprint density at radius 1 is 1.06 bits per heavy atom. The Balaban J connectivity index is 1.40. The van der Waals surface area contributed by atoms with Crippen LogP contribution in [-0.2, 0) is 11.3 Å². The van der Waals surface area contributed by atoms with Crippen molar-refractivity contribution < 1.29 is 14.3 Å². The Morgan fingerprint density at radius 3 is 2.69 bits per heavy atom. The Morgan fingerprint density at radius 2 is 1.83 bits per heavy atom. The molecule has 0 aliphatic carbocycles. The number of nitrogens with zero attached hydrogens (tertiary/aromatic N) is 2. The lowest BCUT2D eigenvalue weighted by Crippen LogP contribution is -2.27. The first-order valence-corrected chi connectivity index (χ1v) is 12.6. The normalized spacial score (nSPS) is 16.2. The van der Waals surface area contributed by atoms with Gasteiger partial charge >= 0.3 is 0 Å². The predicted molar refractivity (Wildman–Crippen MR) is 145 cm³/mol. The molecule has 0 radical (unpaired) electrons. The molecule has 35 heavy (non-hydrogen) atoms. The topological polar surface area (TPSA) is 43.7 Å². The number of thioether (sulfide) groups is 1. The monoisotopic (exact) mass is 518 g/mol. The zero-order valence-electron chi connectivity index (χ0n) is 18.7. The fourth-order valence-electron chi connectivity index (χ4n) is 4.49. The second-order valence-corrected chi connectivity index (χ2v) is 10.3. The van der Waals surface area contributed by atoms with E-state index in [0.29, 0.717) is 33.0 Å². The van der Waals surface area contributed by atoms with Crippen LogP contribution in [0.3, 0.4) is 0 Å². The van der Waals surface area contributed by atoms with Crippen molar-refractivity contribution in [1.82, 2.24) is 4.57 Å². The zero-order valence-corrected chi connectivity index (χ0v) is 21.0. The number of fused-ring (bicyclic) bond motifs is 2. The molecule has 2 aliphatic rings. The zero-order chi connectivity index (χ0) is 24.1. The number of hydrogen-bond acceptors (Lipinski definition) is 5. The number of aromatic nitrogens is 1. The van der Waals surface area contributed by atoms with Crippen molar-refractivity contribution in [2.75, 3.05) is 11.7 Å². The highest BCUT2D eigenvalue weighted by atomic mass is 35.5. The summed E-state index contributed by atoms with van der Waals surface area (Å²) in [5.41, 5.74) is 4.84. The van der Waals surface area contributed by atoms with Crippen molar-refractivity contribution in [2.24, 2.45) is 0 Å². The molecule has 0 atom stereocenters. The summed E-state index contributed by atoms with van der Waals surface area (Å²) in [6, 6.07) is 21.5. The first-order valence-electron chi connectivity index (χ1n) is 11.0. The van der Waals surface area contributed by atoms with Crippen molar-refractivity contribution in [1.29, 1.82) is 0 Å². The summed E-state index contributed by atoms with van der Waals surface area (Å²) in [5.74, 6) is 1.12. The molecule has 4 aromatic rings. The molecule has 0 unspecified atom stereocenters. The number of amides is 1. The van der Waals surface area contributed by atoms with Crippen LogP contribution in [0.5, 0.6) is 11.5 Å². The maximum absolute atomic E-state index is 13.5. The van der Waals surface area contributed by atoms with E-state index >= 15 is 0 Å². The summed E-state index contributed by atoms with van der Waals surface area (Å²) >= 11 is 13.4. The molecule has 1 aromatic heterocycles. The van der Waals surface area contributed by atoms with Gasteiger partial charge in [0.05, 0.1) is 10.6 Å². The van der Waals surface area contributed by atoms with Crippen LogP contribution in [0.15, 0.2) is 71.6 Å². The Hall–Kier alpha value is -3.26. The van der Waals surface area contributed by atoms with Crippen LogP contribution >= 0.6 is 35.6 Å². The average Bonchev–Trinajstić information content (AvgIpc) is 3.51. The number of ether oxygens (including phenoxy) is 2. The van der Waals surface area contributed by atoms with Gasteiger partial charge in [-0.2, -0.15) is 0 Å². The number of anilines is 1. The van der Waals surface area contributed by atoms with Gasteiger partial charge in [0.15, 0.2) is 15.8 Å². The van der Waals surface area contributed by atoms with Gasteiger partial charge in [-0.15, -0.1) is 0 Å². The van der Waals surface area contributed by atoms with Crippen LogP contribution in [0.2, 0.25) is 5.02 Å². The molecule has 0 spiro atoms. The quantitative estimate of drug-likeness (QED) is 0.220. The van der Waals surface area contributed by atoms with Gasteiger partial charge in [0.2, 0.25) is 6.79 Å². The van der Waals surface area contributed by atoms with E-state index < -0.39 is 0 Å². The van der Waals surface area contributed by atoms with E-state index in [1.165, 1.54) is 11.8 Å². The van der Waals surface area contributed by atoms with Crippen LogP contribution < -0.4 is 14.4 Å². The fraction of sp³-hybridized carbons (Fsp3) is 0.111. The summed E-state index contributed by atoms with van der Waals surface area (Å²) in [5, 5.41) is 1.81. The largest absolute Gasteiger partial charge is 0.454 e. The van der Waals surface area contributed by atoms with Crippen LogP contribution in [0.4, 0.5) is 5.69 Å². The number of para-hydroxylation sites is 1. The van der Waals surface area contributed by atoms with E-state index in [1.807, 2.05) is 48.5 Å². The van der Waals surface area contributed by atoms with Crippen LogP contribution in [0.1, 0.15) is 16.8 Å². The maximum Gasteiger partial charge on any atom is 0.270 e. The van der Waals surface area contributed by atoms with Crippen LogP contribution in [0.25, 0.3) is 17.0 Å². The SMILES string of the molecule is Cc1c(/C=C2\SC(=S)N(c3ccc4c(c3)OCO4)C2=O)c2ccccc2n1Cc1ccccc1Cl. The van der Waals surface area contributed by atoms with E-state index in [2.05, 4.69) is 23.6 Å². The molecular formula is C27H19ClN2O3S2. The van der Waals surface area contributed by atoms with Gasteiger partial charge in [0.1, 0.15) is 0 Å². The van der Waals surface area contributed by atoms with E-state index in [0.717, 1.165) is 32.7 Å². The Bertz CT molecular complexity index is 1560. The second kappa shape index (κ2) is 8.75. The third-order valence-electron chi connectivity index (χ3n) is 6.25. The maximum atomic E-state index is 13.5. The molecule has 0 bridgehead atoms. The molecule has 2 aliphatic heterocycles. The summed E-state index contributed by atoms with van der Waals surface area (Å²) in [6.07, 6.45) is 1.95. The van der Waals surface area contributed by atoms with Crippen molar-refractivity contribution in [3.05, 3.63) is 93.5 Å². The highest BCUT2D eigenvalue weighted by Gasteiger charge is 2.34. The van der Waals surface area contributed by atoms with Crippen LogP contribution in [0, 0.1) is 6.92 Å². The summed E-state index contributed by atoms with van der Waals surface area (Å²) in [6.45, 7) is 2.88. The molecule has 3 aromatic carbocycles. The number of halogens is 1. The van der Waals surface area contributed by atoms with Gasteiger partial charge in [0.25, 0.3) is 5.91 Å². The fourth-order valence-corrected chi connectivity index (χ4v) is 5.96. The molecular weight excluding hydrogens is 500 g/mol. The third kappa shape index (κ3) is 3.80. The minimum absolute atomic E-state index is 0.152. The molecule has 8 heteroatoms. The molecule has 5 nitrogen and oxygen atoms in total. The summed E-state index contributed by atoms with van der Waals surface area (Å²) in [4.78, 5) is 15.6. The number of thiocarbonyl (C=S) groups is 1. The Labute approximate surface area is 216 Å². The van der Waals surface area contributed by atoms with E-state index in [-0.39, 0.29) is 12.7 Å². The van der Waals surface area contributed by atoms with Gasteiger partial charge in [-0.05, 0) is 42.8 Å². The average molecular weight is 519 g/mol. The summed E-state index contributed by atoms with van der Waals surface area (Å²) in [7, 11) is 0. The lowest BCUT2D eigenvalue weighted by molar-refractivity contribution is -0.113. The van der Waals surface area contributed by atoms with Crippen molar-refractivity contribution in [3.63, 3.8) is 0 Å². The lowest BCUT2D eigenvalue weighted by atomic mass is 10.1. The highest BCUT2D eigenvalue weighted by Crippen LogP contribution is 2.41. The first kappa shape index (κ1) is 22.2. The smallest absolute Gasteiger partial charge is 0.270 e. The van der Waals surface area contributed by atoms with Crippen molar-refractivity contribution in [2.45, 2.75) is 13.5 Å². The van der Waals surface area contributed by atoms with Gasteiger partial charge in [-0.1, -0.05) is 72.0 Å². The molecule has 174 valence electrons. The lowest BCUT2D eigenvalue weighted by Gasteiger charge is -2.14. The predicted octanol–water partition coefficient (Wildman–Crippen LogP) is 6.79. The standard InChI is InChI=1S/C27H19ClN2O3S2/c1-16-20(19-7-3-5-9-22(19)29(16)14-17-6-2-4-8-21(17)28)13-25-26(31)30(27(34)35-25)18-10-11-23-24(12-18)33-15-32-23/h2-13H,14-15H2,1H3/b25-13-. The number of carbonyl (C=O) groups is 1. The molecule has 0 saturated carbocycles. The van der Waals surface area contributed by atoms with Gasteiger partial charge in [-0.25, -0.2) is 0 Å². The van der Waals surface area contributed by atoms with E-state index in [1.54, 1.807) is 17.0 Å². The van der Waals surface area contributed by atoms with Crippen molar-refractivity contribution >= 4 is 68.5 Å². The summed E-state index contributed by atoms with van der Waals surface area (Å²) < 4.78 is 13.6. The van der Waals surface area contributed by atoms with Gasteiger partial charge in [0, 0.05) is 39.8 Å². The van der Waals surface area contributed by atoms with Crippen molar-refractivity contribution in [3.8, 4) is 11.5 Å². The van der Waals surface area contributed by atoms with Gasteiger partial charge < -0.3 is 14.0 Å².